The zero-order chi connectivity index (χ0) is 7.40. The van der Waals surface area contributed by atoms with Gasteiger partial charge in [0, 0.05) is 0 Å². The van der Waals surface area contributed by atoms with Gasteiger partial charge in [0.05, 0.1) is 0 Å². The molecule has 0 spiro atoms. The van der Waals surface area contributed by atoms with Crippen LogP contribution in [0.5, 0.6) is 5.88 Å². The fraction of sp³-hybridized carbons (Fsp3) is 0.167. The van der Waals surface area contributed by atoms with E-state index in [0.29, 0.717) is 18.5 Å². The van der Waals surface area contributed by atoms with Gasteiger partial charge in [0.2, 0.25) is 0 Å². The van der Waals surface area contributed by atoms with Gasteiger partial charge in [-0.1, -0.05) is 0 Å². The quantitative estimate of drug-likeness (QED) is 0.525. The van der Waals surface area contributed by atoms with Crippen LogP contribution in [0.1, 0.15) is 0 Å². The Hall–Kier alpha value is -1.19. The summed E-state index contributed by atoms with van der Waals surface area (Å²) >= 11 is 0. The molecule has 0 aromatic carbocycles. The first-order chi connectivity index (χ1) is 4.88. The van der Waals surface area contributed by atoms with Crippen LogP contribution in [0, 0.1) is 0 Å². The number of hydrogen-bond donors (Lipinski definition) is 0. The summed E-state index contributed by atoms with van der Waals surface area (Å²) in [5.74, 6) is 0.373. The zero-order valence-electron chi connectivity index (χ0n) is 5.57. The topological polar surface area (TPSA) is 39.2 Å². The van der Waals surface area contributed by atoms with Gasteiger partial charge in [-0.2, -0.15) is 0 Å². The van der Waals surface area contributed by atoms with Crippen LogP contribution in [0.4, 0.5) is 0 Å². The predicted molar refractivity (Wildman–Crippen MR) is 36.9 cm³/mol. The van der Waals surface area contributed by atoms with Crippen molar-refractivity contribution >= 4 is 12.6 Å². The monoisotopic (exact) mass is 135 g/mol. The molecule has 0 saturated heterocycles. The number of ether oxygens (including phenoxy) is 1. The molecular formula is C6H6BNO2. The average Bonchev–Trinajstić information content (AvgIpc) is 2.04. The molecule has 4 heteroatoms. The van der Waals surface area contributed by atoms with Crippen molar-refractivity contribution in [3.63, 3.8) is 0 Å². The Labute approximate surface area is 59.3 Å². The summed E-state index contributed by atoms with van der Waals surface area (Å²) < 4.78 is 15.1. The molecule has 0 amide bonds. The van der Waals surface area contributed by atoms with E-state index in [9.17, 15) is 4.70 Å². The molecule has 0 aliphatic carbocycles. The number of pyridine rings is 1. The third-order valence-electron chi connectivity index (χ3n) is 1.12. The molecule has 0 N–H and O–H groups in total. The van der Waals surface area contributed by atoms with Gasteiger partial charge < -0.3 is 0 Å². The van der Waals surface area contributed by atoms with Crippen LogP contribution < -0.4 is 10.2 Å². The molecule has 50 valence electrons. The van der Waals surface area contributed by atoms with Crippen molar-refractivity contribution in [3.05, 3.63) is 18.3 Å². The Bertz CT molecular complexity index is 239. The van der Waals surface area contributed by atoms with Gasteiger partial charge in [0.25, 0.3) is 0 Å². The van der Waals surface area contributed by atoms with E-state index in [0.717, 1.165) is 0 Å². The van der Waals surface area contributed by atoms with E-state index in [1.54, 1.807) is 18.3 Å². The van der Waals surface area contributed by atoms with Crippen molar-refractivity contribution in [2.24, 2.45) is 0 Å². The maximum atomic E-state index is 10.3. The third-order valence-corrected chi connectivity index (χ3v) is 1.12. The van der Waals surface area contributed by atoms with Gasteiger partial charge in [-0.25, -0.2) is 0 Å². The van der Waals surface area contributed by atoms with E-state index in [-0.39, 0.29) is 0 Å². The molecule has 0 bridgehead atoms. The van der Waals surface area contributed by atoms with Gasteiger partial charge >= 0.3 is 58.4 Å². The average molecular weight is 135 g/mol. The van der Waals surface area contributed by atoms with Crippen molar-refractivity contribution in [2.75, 3.05) is 7.11 Å². The number of aromatic nitrogens is 1. The van der Waals surface area contributed by atoms with E-state index in [1.165, 1.54) is 7.11 Å². The minimum atomic E-state index is 0.373. The van der Waals surface area contributed by atoms with Crippen LogP contribution in [0.2, 0.25) is 0 Å². The molecule has 0 fully saturated rings. The Morgan fingerprint density at radius 3 is 3.00 bits per heavy atom. The van der Waals surface area contributed by atoms with Crippen LogP contribution in [0.15, 0.2) is 18.3 Å². The van der Waals surface area contributed by atoms with Gasteiger partial charge in [0.1, 0.15) is 0 Å². The molecule has 3 nitrogen and oxygen atoms in total. The molecule has 0 atom stereocenters. The molecular weight excluding hydrogens is 129 g/mol. The molecule has 10 heavy (non-hydrogen) atoms. The Morgan fingerprint density at radius 2 is 2.50 bits per heavy atom. The first-order valence-corrected chi connectivity index (χ1v) is 2.82. The number of rotatable bonds is 2. The van der Waals surface area contributed by atoms with Gasteiger partial charge in [-0.3, -0.25) is 0 Å². The van der Waals surface area contributed by atoms with E-state index < -0.39 is 0 Å². The molecule has 0 radical (unpaired) electrons. The summed E-state index contributed by atoms with van der Waals surface area (Å²) in [7, 11) is 2.20. The first kappa shape index (κ1) is 6.93. The SMILES string of the molecule is COc1ncccc1B=O. The molecule has 1 rings (SSSR count). The summed E-state index contributed by atoms with van der Waals surface area (Å²) in [6.07, 6.45) is 1.58. The van der Waals surface area contributed by atoms with E-state index in [4.69, 9.17) is 4.74 Å². The van der Waals surface area contributed by atoms with Crippen LogP contribution in [0.25, 0.3) is 0 Å². The van der Waals surface area contributed by atoms with Gasteiger partial charge in [-0.05, 0) is 0 Å². The first-order valence-electron chi connectivity index (χ1n) is 2.82. The summed E-state index contributed by atoms with van der Waals surface area (Å²) in [5.41, 5.74) is 0.477. The second-order valence-electron chi connectivity index (χ2n) is 1.72. The maximum absolute atomic E-state index is 10.3. The van der Waals surface area contributed by atoms with Crippen LogP contribution >= 0.6 is 0 Å². The fourth-order valence-electron chi connectivity index (χ4n) is 0.664. The second-order valence-corrected chi connectivity index (χ2v) is 1.72. The molecule has 0 saturated carbocycles. The van der Waals surface area contributed by atoms with Crippen molar-refractivity contribution in [1.82, 2.24) is 4.98 Å². The molecule has 0 aliphatic heterocycles. The normalized spacial score (nSPS) is 8.50. The van der Waals surface area contributed by atoms with Gasteiger partial charge in [0.15, 0.2) is 0 Å². The van der Waals surface area contributed by atoms with Crippen LogP contribution in [-0.2, 0) is 4.70 Å². The van der Waals surface area contributed by atoms with E-state index in [2.05, 4.69) is 4.98 Å². The number of methoxy groups -OCH3 is 1. The number of nitrogens with zero attached hydrogens (tertiary/aromatic N) is 1. The number of hydrogen-bond acceptors (Lipinski definition) is 3. The molecule has 1 aromatic heterocycles. The third kappa shape index (κ3) is 1.21. The van der Waals surface area contributed by atoms with Crippen molar-refractivity contribution in [2.45, 2.75) is 0 Å². The van der Waals surface area contributed by atoms with Crippen LogP contribution in [-0.4, -0.2) is 19.2 Å². The minimum absolute atomic E-state index is 0.373. The van der Waals surface area contributed by atoms with Gasteiger partial charge in [-0.15, -0.1) is 0 Å². The Kier molecular flexibility index (Phi) is 2.15. The summed E-state index contributed by atoms with van der Waals surface area (Å²) in [6.45, 7) is 0. The summed E-state index contributed by atoms with van der Waals surface area (Å²) in [5, 5.41) is 0. The molecule has 0 aliphatic rings. The zero-order valence-corrected chi connectivity index (χ0v) is 5.57. The Balaban J connectivity index is 3.08. The molecule has 0 unspecified atom stereocenters. The summed E-state index contributed by atoms with van der Waals surface area (Å²) in [6, 6.07) is 3.34. The standard InChI is InChI=1S/C6H6BNO2/c1-10-6-5(7-9)3-2-4-8-6/h2-4H,1H3. The van der Waals surface area contributed by atoms with Crippen molar-refractivity contribution < 1.29 is 9.44 Å². The second kappa shape index (κ2) is 3.10. The van der Waals surface area contributed by atoms with Crippen molar-refractivity contribution in [3.8, 4) is 5.88 Å². The predicted octanol–water partition coefficient (Wildman–Crippen LogP) is -0.235. The Morgan fingerprint density at radius 1 is 1.70 bits per heavy atom. The van der Waals surface area contributed by atoms with Crippen molar-refractivity contribution in [1.29, 1.82) is 0 Å². The van der Waals surface area contributed by atoms with E-state index >= 15 is 0 Å². The fourth-order valence-corrected chi connectivity index (χ4v) is 0.664. The molecule has 1 heterocycles. The van der Waals surface area contributed by atoms with Crippen LogP contribution in [0.3, 0.4) is 0 Å². The summed E-state index contributed by atoms with van der Waals surface area (Å²) in [4.78, 5) is 3.81. The van der Waals surface area contributed by atoms with E-state index in [1.807, 2.05) is 0 Å². The molecule has 1 aromatic rings.